The molecule has 1 unspecified atom stereocenters. The summed E-state index contributed by atoms with van der Waals surface area (Å²) < 4.78 is 10.8. The van der Waals surface area contributed by atoms with E-state index in [0.717, 1.165) is 35.4 Å². The van der Waals surface area contributed by atoms with Crippen molar-refractivity contribution in [3.05, 3.63) is 47.3 Å². The summed E-state index contributed by atoms with van der Waals surface area (Å²) in [6, 6.07) is 6.95. The first-order chi connectivity index (χ1) is 11.1. The van der Waals surface area contributed by atoms with Crippen LogP contribution in [-0.2, 0) is 0 Å². The lowest BCUT2D eigenvalue weighted by Crippen LogP contribution is -2.26. The van der Waals surface area contributed by atoms with Crippen molar-refractivity contribution in [1.82, 2.24) is 15.5 Å². The van der Waals surface area contributed by atoms with Crippen LogP contribution in [0.2, 0.25) is 0 Å². The molecule has 4 rings (SSSR count). The Hall–Kier alpha value is -2.63. The number of amides is 1. The van der Waals surface area contributed by atoms with E-state index in [1.807, 2.05) is 26.0 Å². The van der Waals surface area contributed by atoms with Crippen LogP contribution < -0.4 is 5.32 Å². The zero-order chi connectivity index (χ0) is 16.0. The average Bonchev–Trinajstić information content (AvgIpc) is 3.12. The molecule has 0 saturated heterocycles. The second-order valence-corrected chi connectivity index (χ2v) is 6.07. The quantitative estimate of drug-likeness (QED) is 0.797. The normalized spacial score (nSPS) is 15.7. The van der Waals surface area contributed by atoms with Crippen molar-refractivity contribution in [2.75, 3.05) is 0 Å². The highest BCUT2D eigenvalue weighted by molar-refractivity contribution is 5.97. The van der Waals surface area contributed by atoms with Crippen molar-refractivity contribution in [2.24, 2.45) is 0 Å². The Labute approximate surface area is 132 Å². The summed E-state index contributed by atoms with van der Waals surface area (Å²) in [6.45, 7) is 3.72. The Balaban J connectivity index is 1.50. The third kappa shape index (κ3) is 2.72. The number of furan rings is 1. The first-order valence-electron chi connectivity index (χ1n) is 7.75. The predicted octanol–water partition coefficient (Wildman–Crippen LogP) is 3.49. The molecule has 0 bridgehead atoms. The van der Waals surface area contributed by atoms with Gasteiger partial charge < -0.3 is 14.3 Å². The number of aryl methyl sites for hydroxylation is 1. The van der Waals surface area contributed by atoms with E-state index in [-0.39, 0.29) is 11.9 Å². The Morgan fingerprint density at radius 3 is 2.96 bits per heavy atom. The number of hydrogen-bond acceptors (Lipinski definition) is 5. The number of hydrogen-bond donors (Lipinski definition) is 1. The summed E-state index contributed by atoms with van der Waals surface area (Å²) in [6.07, 6.45) is 2.23. The number of fused-ring (bicyclic) bond motifs is 1. The van der Waals surface area contributed by atoms with Crippen LogP contribution in [-0.4, -0.2) is 16.0 Å². The molecule has 1 aliphatic carbocycles. The van der Waals surface area contributed by atoms with Gasteiger partial charge in [0.1, 0.15) is 17.4 Å². The predicted molar refractivity (Wildman–Crippen MR) is 83.1 cm³/mol. The SMILES string of the molecule is Cc1cc2cc(C(=O)NC(C)c3nc(C4CC4)no3)ccc2o1. The van der Waals surface area contributed by atoms with E-state index in [1.54, 1.807) is 12.1 Å². The van der Waals surface area contributed by atoms with E-state index in [4.69, 9.17) is 8.94 Å². The number of nitrogens with one attached hydrogen (secondary N) is 1. The molecule has 2 aromatic heterocycles. The van der Waals surface area contributed by atoms with Gasteiger partial charge in [0.25, 0.3) is 5.91 Å². The Bertz CT molecular complexity index is 876. The van der Waals surface area contributed by atoms with Gasteiger partial charge in [-0.3, -0.25) is 4.79 Å². The van der Waals surface area contributed by atoms with Crippen LogP contribution in [0.15, 0.2) is 33.2 Å². The van der Waals surface area contributed by atoms with Gasteiger partial charge in [0, 0.05) is 16.9 Å². The number of benzene rings is 1. The highest BCUT2D eigenvalue weighted by Gasteiger charge is 2.29. The Morgan fingerprint density at radius 1 is 1.35 bits per heavy atom. The Kier molecular flexibility index (Phi) is 3.18. The highest BCUT2D eigenvalue weighted by atomic mass is 16.5. The van der Waals surface area contributed by atoms with Crippen molar-refractivity contribution in [3.63, 3.8) is 0 Å². The van der Waals surface area contributed by atoms with Crippen molar-refractivity contribution in [3.8, 4) is 0 Å². The number of carbonyl (C=O) groups excluding carboxylic acids is 1. The molecule has 3 aromatic rings. The molecule has 0 radical (unpaired) electrons. The molecule has 118 valence electrons. The number of aromatic nitrogens is 2. The minimum atomic E-state index is -0.329. The lowest BCUT2D eigenvalue weighted by molar-refractivity contribution is 0.0932. The lowest BCUT2D eigenvalue weighted by Gasteiger charge is -2.09. The molecule has 1 aromatic carbocycles. The maximum Gasteiger partial charge on any atom is 0.251 e. The fourth-order valence-corrected chi connectivity index (χ4v) is 2.59. The molecule has 0 spiro atoms. The van der Waals surface area contributed by atoms with Crippen molar-refractivity contribution in [1.29, 1.82) is 0 Å². The summed E-state index contributed by atoms with van der Waals surface area (Å²) in [7, 11) is 0. The minimum absolute atomic E-state index is 0.176. The summed E-state index contributed by atoms with van der Waals surface area (Å²) in [5.74, 6) is 2.27. The molecule has 1 N–H and O–H groups in total. The molecule has 0 aliphatic heterocycles. The van der Waals surface area contributed by atoms with Gasteiger partial charge in [-0.15, -0.1) is 0 Å². The van der Waals surface area contributed by atoms with Gasteiger partial charge in [-0.1, -0.05) is 5.16 Å². The van der Waals surface area contributed by atoms with Gasteiger partial charge in [-0.25, -0.2) is 0 Å². The van der Waals surface area contributed by atoms with E-state index >= 15 is 0 Å². The van der Waals surface area contributed by atoms with Crippen molar-refractivity contribution < 1.29 is 13.7 Å². The zero-order valence-corrected chi connectivity index (χ0v) is 13.0. The molecular formula is C17H17N3O3. The maximum absolute atomic E-state index is 12.4. The van der Waals surface area contributed by atoms with Crippen molar-refractivity contribution in [2.45, 2.75) is 38.6 Å². The van der Waals surface area contributed by atoms with E-state index in [9.17, 15) is 4.79 Å². The molecule has 1 amide bonds. The van der Waals surface area contributed by atoms with Crippen LogP contribution in [0.4, 0.5) is 0 Å². The molecular weight excluding hydrogens is 294 g/mol. The van der Waals surface area contributed by atoms with Gasteiger partial charge in [0.05, 0.1) is 0 Å². The van der Waals surface area contributed by atoms with Crippen LogP contribution in [0.3, 0.4) is 0 Å². The molecule has 1 fully saturated rings. The number of nitrogens with zero attached hydrogens (tertiary/aromatic N) is 2. The largest absolute Gasteiger partial charge is 0.461 e. The highest BCUT2D eigenvalue weighted by Crippen LogP contribution is 2.38. The Morgan fingerprint density at radius 2 is 2.17 bits per heavy atom. The average molecular weight is 311 g/mol. The van der Waals surface area contributed by atoms with Crippen LogP contribution in [0.1, 0.15) is 59.6 Å². The molecule has 1 saturated carbocycles. The van der Waals surface area contributed by atoms with Gasteiger partial charge in [-0.05, 0) is 51.0 Å². The number of carbonyl (C=O) groups is 1. The van der Waals surface area contributed by atoms with E-state index in [0.29, 0.717) is 17.4 Å². The first-order valence-corrected chi connectivity index (χ1v) is 7.75. The monoisotopic (exact) mass is 311 g/mol. The fraction of sp³-hybridized carbons (Fsp3) is 0.353. The van der Waals surface area contributed by atoms with Crippen LogP contribution in [0, 0.1) is 6.92 Å². The van der Waals surface area contributed by atoms with Gasteiger partial charge in [0.15, 0.2) is 5.82 Å². The molecule has 2 heterocycles. The van der Waals surface area contributed by atoms with Gasteiger partial charge in [0.2, 0.25) is 5.89 Å². The smallest absolute Gasteiger partial charge is 0.251 e. The molecule has 1 aliphatic rings. The molecule has 1 atom stereocenters. The standard InChI is InChI=1S/C17H17N3O3/c1-9-7-13-8-12(5-6-14(13)22-9)16(21)18-10(2)17-19-15(20-23-17)11-3-4-11/h5-8,10-11H,3-4H2,1-2H3,(H,18,21). The maximum atomic E-state index is 12.4. The second-order valence-electron chi connectivity index (χ2n) is 6.07. The second kappa shape index (κ2) is 5.22. The fourth-order valence-electron chi connectivity index (χ4n) is 2.59. The van der Waals surface area contributed by atoms with Gasteiger partial charge in [-0.2, -0.15) is 4.98 Å². The number of rotatable bonds is 4. The van der Waals surface area contributed by atoms with E-state index in [2.05, 4.69) is 15.5 Å². The zero-order valence-electron chi connectivity index (χ0n) is 13.0. The van der Waals surface area contributed by atoms with Crippen LogP contribution in [0.25, 0.3) is 11.0 Å². The first kappa shape index (κ1) is 14.0. The third-order valence-corrected chi connectivity index (χ3v) is 4.02. The summed E-state index contributed by atoms with van der Waals surface area (Å²) >= 11 is 0. The van der Waals surface area contributed by atoms with E-state index < -0.39 is 0 Å². The van der Waals surface area contributed by atoms with Crippen LogP contribution >= 0.6 is 0 Å². The van der Waals surface area contributed by atoms with Crippen molar-refractivity contribution >= 4 is 16.9 Å². The summed E-state index contributed by atoms with van der Waals surface area (Å²) in [4.78, 5) is 16.8. The molecule has 23 heavy (non-hydrogen) atoms. The summed E-state index contributed by atoms with van der Waals surface area (Å²) in [5, 5.41) is 7.78. The molecule has 6 nitrogen and oxygen atoms in total. The van der Waals surface area contributed by atoms with E-state index in [1.165, 1.54) is 0 Å². The minimum Gasteiger partial charge on any atom is -0.461 e. The van der Waals surface area contributed by atoms with Crippen LogP contribution in [0.5, 0.6) is 0 Å². The third-order valence-electron chi connectivity index (χ3n) is 4.02. The topological polar surface area (TPSA) is 81.2 Å². The lowest BCUT2D eigenvalue weighted by atomic mass is 10.1. The van der Waals surface area contributed by atoms with Gasteiger partial charge >= 0.3 is 0 Å². The summed E-state index contributed by atoms with van der Waals surface area (Å²) in [5.41, 5.74) is 1.35. The molecule has 6 heteroatoms.